The standard InChI is InChI=1S/C12H13Cl2N5O5S/c1-2-23-11(20)10-17-8(9-7(13)5-16-12(14)18-9)6-19(10)3-4-24-25(15,21)22/h5-6H,2-4H2,1H3,(H2,15,21,22). The van der Waals surface area contributed by atoms with Gasteiger partial charge in [-0.15, -0.1) is 0 Å². The summed E-state index contributed by atoms with van der Waals surface area (Å²) in [7, 11) is -4.10. The van der Waals surface area contributed by atoms with Crippen LogP contribution in [-0.2, 0) is 25.8 Å². The number of halogens is 2. The number of nitrogens with two attached hydrogens (primary N) is 1. The molecule has 0 unspecified atom stereocenters. The normalized spacial score (nSPS) is 11.5. The molecule has 0 aliphatic carbocycles. The van der Waals surface area contributed by atoms with Gasteiger partial charge in [0.15, 0.2) is 0 Å². The van der Waals surface area contributed by atoms with Gasteiger partial charge in [-0.2, -0.15) is 8.42 Å². The molecule has 0 aromatic carbocycles. The minimum Gasteiger partial charge on any atom is -0.460 e. The van der Waals surface area contributed by atoms with Crippen molar-refractivity contribution in [2.24, 2.45) is 5.14 Å². The first-order valence-electron chi connectivity index (χ1n) is 6.81. The van der Waals surface area contributed by atoms with Crippen molar-refractivity contribution in [2.75, 3.05) is 13.2 Å². The van der Waals surface area contributed by atoms with Crippen molar-refractivity contribution in [3.63, 3.8) is 0 Å². The van der Waals surface area contributed by atoms with Gasteiger partial charge < -0.3 is 9.30 Å². The molecule has 136 valence electrons. The van der Waals surface area contributed by atoms with E-state index in [2.05, 4.69) is 19.1 Å². The van der Waals surface area contributed by atoms with Crippen molar-refractivity contribution >= 4 is 39.5 Å². The number of hydrogen-bond donors (Lipinski definition) is 1. The number of nitrogens with zero attached hydrogens (tertiary/aromatic N) is 4. The first kappa shape index (κ1) is 19.5. The zero-order chi connectivity index (χ0) is 18.6. The SMILES string of the molecule is CCOC(=O)c1nc(-c2nc(Cl)ncc2Cl)cn1CCOS(N)(=O)=O. The molecule has 0 aliphatic rings. The number of aromatic nitrogens is 4. The second kappa shape index (κ2) is 8.06. The third kappa shape index (κ3) is 5.34. The van der Waals surface area contributed by atoms with E-state index in [-0.39, 0.29) is 47.3 Å². The maximum absolute atomic E-state index is 12.0. The lowest BCUT2D eigenvalue weighted by Gasteiger charge is -2.06. The number of ether oxygens (including phenoxy) is 1. The highest BCUT2D eigenvalue weighted by Crippen LogP contribution is 2.26. The van der Waals surface area contributed by atoms with Crippen molar-refractivity contribution in [1.29, 1.82) is 0 Å². The van der Waals surface area contributed by atoms with Crippen molar-refractivity contribution < 1.29 is 22.1 Å². The molecular weight excluding hydrogens is 397 g/mol. The van der Waals surface area contributed by atoms with Gasteiger partial charge in [-0.3, -0.25) is 4.18 Å². The van der Waals surface area contributed by atoms with Gasteiger partial charge in [0.25, 0.3) is 0 Å². The predicted molar refractivity (Wildman–Crippen MR) is 88.3 cm³/mol. The molecular formula is C12H13Cl2N5O5S. The first-order valence-corrected chi connectivity index (χ1v) is 9.04. The number of rotatable bonds is 7. The van der Waals surface area contributed by atoms with Crippen LogP contribution in [0.1, 0.15) is 17.5 Å². The molecule has 0 atom stereocenters. The van der Waals surface area contributed by atoms with E-state index in [9.17, 15) is 13.2 Å². The van der Waals surface area contributed by atoms with Crippen molar-refractivity contribution in [2.45, 2.75) is 13.5 Å². The summed E-state index contributed by atoms with van der Waals surface area (Å²) in [5, 5.41) is 4.88. The molecule has 0 bridgehead atoms. The highest BCUT2D eigenvalue weighted by atomic mass is 35.5. The summed E-state index contributed by atoms with van der Waals surface area (Å²) in [6.07, 6.45) is 2.72. The smallest absolute Gasteiger partial charge is 0.374 e. The fraction of sp³-hybridized carbons (Fsp3) is 0.333. The largest absolute Gasteiger partial charge is 0.460 e. The van der Waals surface area contributed by atoms with E-state index >= 15 is 0 Å². The lowest BCUT2D eigenvalue weighted by Crippen LogP contribution is -2.20. The Hall–Kier alpha value is -1.79. The molecule has 13 heteroatoms. The summed E-state index contributed by atoms with van der Waals surface area (Å²) in [5.74, 6) is -0.790. The van der Waals surface area contributed by atoms with Crippen LogP contribution in [-0.4, -0.2) is 47.1 Å². The average Bonchev–Trinajstić information content (AvgIpc) is 2.93. The van der Waals surface area contributed by atoms with Crippen molar-refractivity contribution in [3.05, 3.63) is 28.5 Å². The number of carbonyl (C=O) groups excluding carboxylic acids is 1. The summed E-state index contributed by atoms with van der Waals surface area (Å²) in [6, 6.07) is 0. The van der Waals surface area contributed by atoms with Crippen molar-refractivity contribution in [1.82, 2.24) is 19.5 Å². The summed E-state index contributed by atoms with van der Waals surface area (Å²) in [4.78, 5) is 23.9. The molecule has 25 heavy (non-hydrogen) atoms. The molecule has 0 saturated carbocycles. The summed E-state index contributed by atoms with van der Waals surface area (Å²) >= 11 is 11.8. The number of esters is 1. The fourth-order valence-electron chi connectivity index (χ4n) is 1.84. The summed E-state index contributed by atoms with van der Waals surface area (Å²) < 4.78 is 32.4. The minimum atomic E-state index is -4.10. The molecule has 10 nitrogen and oxygen atoms in total. The molecule has 0 amide bonds. The molecule has 0 radical (unpaired) electrons. The molecule has 2 aromatic heterocycles. The Kier molecular flexibility index (Phi) is 6.30. The van der Waals surface area contributed by atoms with E-state index in [1.54, 1.807) is 6.92 Å². The Balaban J connectivity index is 2.37. The summed E-state index contributed by atoms with van der Waals surface area (Å²) in [5.41, 5.74) is 0.436. The van der Waals surface area contributed by atoms with Gasteiger partial charge in [0.05, 0.1) is 24.4 Å². The van der Waals surface area contributed by atoms with E-state index in [0.717, 1.165) is 0 Å². The van der Waals surface area contributed by atoms with Gasteiger partial charge in [-0.05, 0) is 18.5 Å². The van der Waals surface area contributed by atoms with Crippen LogP contribution in [0.5, 0.6) is 0 Å². The molecule has 2 heterocycles. The lowest BCUT2D eigenvalue weighted by atomic mass is 10.3. The van der Waals surface area contributed by atoms with Gasteiger partial charge in [-0.1, -0.05) is 11.6 Å². The molecule has 0 saturated heterocycles. The number of hydrogen-bond acceptors (Lipinski definition) is 8. The van der Waals surface area contributed by atoms with Crippen LogP contribution in [0.25, 0.3) is 11.4 Å². The van der Waals surface area contributed by atoms with E-state index in [1.165, 1.54) is 17.0 Å². The van der Waals surface area contributed by atoms with Gasteiger partial charge in [0.2, 0.25) is 11.1 Å². The molecule has 2 rings (SSSR count). The predicted octanol–water partition coefficient (Wildman–Crippen LogP) is 1.04. The van der Waals surface area contributed by atoms with E-state index in [1.807, 2.05) is 0 Å². The lowest BCUT2D eigenvalue weighted by molar-refractivity contribution is 0.0505. The Morgan fingerprint density at radius 2 is 2.08 bits per heavy atom. The zero-order valence-corrected chi connectivity index (χ0v) is 15.2. The third-order valence-electron chi connectivity index (χ3n) is 2.77. The van der Waals surface area contributed by atoms with E-state index in [4.69, 9.17) is 33.1 Å². The van der Waals surface area contributed by atoms with Crippen LogP contribution in [0.15, 0.2) is 12.4 Å². The second-order valence-electron chi connectivity index (χ2n) is 4.51. The maximum Gasteiger partial charge on any atom is 0.374 e. The maximum atomic E-state index is 12.0. The van der Waals surface area contributed by atoms with Crippen LogP contribution < -0.4 is 5.14 Å². The van der Waals surface area contributed by atoms with Gasteiger partial charge in [-0.25, -0.2) is 24.9 Å². The quantitative estimate of drug-likeness (QED) is 0.528. The average molecular weight is 410 g/mol. The molecule has 0 spiro atoms. The van der Waals surface area contributed by atoms with Crippen LogP contribution in [0.4, 0.5) is 0 Å². The second-order valence-corrected chi connectivity index (χ2v) is 6.48. The Bertz CT molecular complexity index is 886. The van der Waals surface area contributed by atoms with Crippen molar-refractivity contribution in [3.8, 4) is 11.4 Å². The first-order chi connectivity index (χ1) is 11.7. The Morgan fingerprint density at radius 1 is 1.36 bits per heavy atom. The minimum absolute atomic E-state index is 0.0337. The van der Waals surface area contributed by atoms with Crippen LogP contribution >= 0.6 is 23.2 Å². The Morgan fingerprint density at radius 3 is 2.72 bits per heavy atom. The monoisotopic (exact) mass is 409 g/mol. The van der Waals surface area contributed by atoms with Crippen LogP contribution in [0.2, 0.25) is 10.3 Å². The third-order valence-corrected chi connectivity index (χ3v) is 3.73. The molecule has 2 N–H and O–H groups in total. The molecule has 2 aromatic rings. The topological polar surface area (TPSA) is 139 Å². The van der Waals surface area contributed by atoms with Gasteiger partial charge >= 0.3 is 16.3 Å². The Labute approximate surface area is 153 Å². The zero-order valence-electron chi connectivity index (χ0n) is 12.8. The van der Waals surface area contributed by atoms with Crippen LogP contribution in [0, 0.1) is 0 Å². The van der Waals surface area contributed by atoms with Gasteiger partial charge in [0.1, 0.15) is 11.4 Å². The van der Waals surface area contributed by atoms with E-state index in [0.29, 0.717) is 0 Å². The van der Waals surface area contributed by atoms with E-state index < -0.39 is 16.3 Å². The van der Waals surface area contributed by atoms with Gasteiger partial charge in [0, 0.05) is 12.7 Å². The number of imidazole rings is 1. The molecule has 0 fully saturated rings. The highest BCUT2D eigenvalue weighted by Gasteiger charge is 2.20. The highest BCUT2D eigenvalue weighted by molar-refractivity contribution is 7.84. The van der Waals surface area contributed by atoms with Crippen LogP contribution in [0.3, 0.4) is 0 Å². The summed E-state index contributed by atoms with van der Waals surface area (Å²) in [6.45, 7) is 1.43. The molecule has 0 aliphatic heterocycles. The number of carbonyl (C=O) groups is 1. The fourth-order valence-corrected chi connectivity index (χ4v) is 2.46.